The van der Waals surface area contributed by atoms with Crippen molar-refractivity contribution in [2.75, 3.05) is 0 Å². The summed E-state index contributed by atoms with van der Waals surface area (Å²) in [6, 6.07) is 16.1. The Kier molecular flexibility index (Phi) is 3.04. The van der Waals surface area contributed by atoms with E-state index in [9.17, 15) is 5.11 Å². The summed E-state index contributed by atoms with van der Waals surface area (Å²) >= 11 is 3.70. The molecule has 0 radical (unpaired) electrons. The van der Waals surface area contributed by atoms with Crippen molar-refractivity contribution in [1.29, 1.82) is 0 Å². The third kappa shape index (κ3) is 2.17. The topological polar surface area (TPSA) is 20.2 Å². The molecule has 2 aromatic carbocycles. The number of hydrogen-bond acceptors (Lipinski definition) is 3. The van der Waals surface area contributed by atoms with Crippen molar-refractivity contribution >= 4 is 23.5 Å². The van der Waals surface area contributed by atoms with E-state index in [1.165, 1.54) is 10.5 Å². The van der Waals surface area contributed by atoms with Crippen LogP contribution in [0.4, 0.5) is 0 Å². The molecule has 0 amide bonds. The molecule has 0 aliphatic carbocycles. The maximum absolute atomic E-state index is 9.88. The number of fused-ring (bicyclic) bond motifs is 1. The Morgan fingerprint density at radius 2 is 1.76 bits per heavy atom. The van der Waals surface area contributed by atoms with Crippen LogP contribution < -0.4 is 0 Å². The Hall–Kier alpha value is -1.06. The predicted octanol–water partition coefficient (Wildman–Crippen LogP) is 4.43. The highest BCUT2D eigenvalue weighted by molar-refractivity contribution is 8.16. The van der Waals surface area contributed by atoms with E-state index in [1.54, 1.807) is 6.07 Å². The summed E-state index contributed by atoms with van der Waals surface area (Å²) in [4.78, 5) is 1.33. The number of hydrogen-bond donors (Lipinski definition) is 1. The van der Waals surface area contributed by atoms with Crippen molar-refractivity contribution in [3.63, 3.8) is 0 Å². The molecule has 1 unspecified atom stereocenters. The zero-order valence-corrected chi connectivity index (χ0v) is 10.8. The normalized spacial score (nSPS) is 18.7. The molecule has 0 bridgehead atoms. The van der Waals surface area contributed by atoms with Gasteiger partial charge in [-0.1, -0.05) is 36.4 Å². The first-order chi connectivity index (χ1) is 8.34. The lowest BCUT2D eigenvalue weighted by molar-refractivity contribution is 0.470. The van der Waals surface area contributed by atoms with Crippen LogP contribution in [0.3, 0.4) is 0 Å². The molecule has 1 aliphatic heterocycles. The lowest BCUT2D eigenvalue weighted by atomic mass is 10.2. The highest BCUT2D eigenvalue weighted by atomic mass is 32.2. The van der Waals surface area contributed by atoms with Crippen LogP contribution in [0, 0.1) is 0 Å². The van der Waals surface area contributed by atoms with E-state index in [1.807, 2.05) is 41.7 Å². The Balaban J connectivity index is 1.92. The first-order valence-corrected chi connectivity index (χ1v) is 7.41. The van der Waals surface area contributed by atoms with Crippen molar-refractivity contribution in [2.45, 2.75) is 15.2 Å². The largest absolute Gasteiger partial charge is 0.508 e. The molecule has 0 spiro atoms. The van der Waals surface area contributed by atoms with Gasteiger partial charge in [-0.15, -0.1) is 23.5 Å². The van der Waals surface area contributed by atoms with E-state index in [4.69, 9.17) is 0 Å². The average molecular weight is 260 g/mol. The summed E-state index contributed by atoms with van der Waals surface area (Å²) < 4.78 is 0.297. The molecule has 0 fully saturated rings. The van der Waals surface area contributed by atoms with E-state index >= 15 is 0 Å². The average Bonchev–Trinajstić information content (AvgIpc) is 2.39. The Bertz CT molecular complexity index is 539. The van der Waals surface area contributed by atoms with Crippen LogP contribution in [0.15, 0.2) is 53.4 Å². The van der Waals surface area contributed by atoms with Crippen LogP contribution in [0.2, 0.25) is 0 Å². The minimum absolute atomic E-state index is 0.297. The van der Waals surface area contributed by atoms with Gasteiger partial charge in [0.2, 0.25) is 0 Å². The summed E-state index contributed by atoms with van der Waals surface area (Å²) in [7, 11) is 0. The van der Waals surface area contributed by atoms with Crippen LogP contribution in [-0.4, -0.2) is 5.11 Å². The monoisotopic (exact) mass is 260 g/mol. The second-order valence-corrected chi connectivity index (χ2v) is 6.47. The lowest BCUT2D eigenvalue weighted by Crippen LogP contribution is -1.98. The summed E-state index contributed by atoms with van der Waals surface area (Å²) in [6.07, 6.45) is 0. The van der Waals surface area contributed by atoms with Gasteiger partial charge in [-0.05, 0) is 17.7 Å². The number of para-hydroxylation sites is 1. The van der Waals surface area contributed by atoms with E-state index in [0.717, 1.165) is 11.3 Å². The second-order valence-electron chi connectivity index (χ2n) is 3.93. The second kappa shape index (κ2) is 4.67. The van der Waals surface area contributed by atoms with Gasteiger partial charge in [-0.3, -0.25) is 0 Å². The molecular weight excluding hydrogens is 248 g/mol. The molecule has 1 N–H and O–H groups in total. The van der Waals surface area contributed by atoms with Crippen molar-refractivity contribution < 1.29 is 5.11 Å². The third-order valence-corrected chi connectivity index (χ3v) is 5.64. The smallest absolute Gasteiger partial charge is 0.120 e. The first-order valence-electron chi connectivity index (χ1n) is 5.48. The van der Waals surface area contributed by atoms with Crippen molar-refractivity contribution in [3.05, 3.63) is 59.7 Å². The number of aromatic hydroxyl groups is 1. The van der Waals surface area contributed by atoms with Gasteiger partial charge in [0.15, 0.2) is 0 Å². The Morgan fingerprint density at radius 1 is 1.00 bits per heavy atom. The van der Waals surface area contributed by atoms with Crippen LogP contribution in [0.1, 0.15) is 15.7 Å². The number of phenols is 1. The van der Waals surface area contributed by atoms with E-state index in [0.29, 0.717) is 10.3 Å². The molecule has 3 rings (SSSR count). The van der Waals surface area contributed by atoms with Crippen LogP contribution >= 0.6 is 23.5 Å². The van der Waals surface area contributed by atoms with Crippen LogP contribution in [0.25, 0.3) is 0 Å². The lowest BCUT2D eigenvalue weighted by Gasteiger charge is -2.24. The van der Waals surface area contributed by atoms with Crippen LogP contribution in [0.5, 0.6) is 5.75 Å². The predicted molar refractivity (Wildman–Crippen MR) is 74.4 cm³/mol. The molecule has 1 heterocycles. The Labute approximate surface area is 109 Å². The molecule has 1 nitrogen and oxygen atoms in total. The van der Waals surface area contributed by atoms with Gasteiger partial charge in [0.1, 0.15) is 5.75 Å². The zero-order valence-electron chi connectivity index (χ0n) is 9.17. The molecule has 2 aromatic rings. The minimum Gasteiger partial charge on any atom is -0.508 e. The maximum Gasteiger partial charge on any atom is 0.120 e. The Morgan fingerprint density at radius 3 is 2.65 bits per heavy atom. The van der Waals surface area contributed by atoms with Gasteiger partial charge in [0.25, 0.3) is 0 Å². The fraction of sp³-hybridized carbons (Fsp3) is 0.143. The zero-order chi connectivity index (χ0) is 11.7. The van der Waals surface area contributed by atoms with Crippen molar-refractivity contribution in [3.8, 4) is 5.75 Å². The highest BCUT2D eigenvalue weighted by Crippen LogP contribution is 2.52. The van der Waals surface area contributed by atoms with E-state index in [-0.39, 0.29) is 0 Å². The van der Waals surface area contributed by atoms with Gasteiger partial charge >= 0.3 is 0 Å². The molecule has 1 atom stereocenters. The molecule has 3 heteroatoms. The third-order valence-electron chi connectivity index (χ3n) is 2.79. The standard InChI is InChI=1S/C14H12OS2/c15-12-7-3-2-6-11(12)14-16-9-10-5-1-4-8-13(10)17-14/h1-8,14-15H,9H2. The molecule has 1 aliphatic rings. The number of rotatable bonds is 1. The minimum atomic E-state index is 0.297. The summed E-state index contributed by atoms with van der Waals surface area (Å²) in [5.74, 6) is 1.42. The van der Waals surface area contributed by atoms with Gasteiger partial charge in [-0.2, -0.15) is 0 Å². The highest BCUT2D eigenvalue weighted by Gasteiger charge is 2.22. The molecule has 86 valence electrons. The maximum atomic E-state index is 9.88. The number of thioether (sulfide) groups is 2. The first kappa shape index (κ1) is 11.1. The summed E-state index contributed by atoms with van der Waals surface area (Å²) in [5, 5.41) is 9.88. The van der Waals surface area contributed by atoms with Gasteiger partial charge in [0.05, 0.1) is 4.58 Å². The van der Waals surface area contributed by atoms with Crippen molar-refractivity contribution in [2.24, 2.45) is 0 Å². The summed E-state index contributed by atoms with van der Waals surface area (Å²) in [5.41, 5.74) is 2.42. The number of benzene rings is 2. The molecule has 17 heavy (non-hydrogen) atoms. The molecule has 0 saturated heterocycles. The van der Waals surface area contributed by atoms with E-state index < -0.39 is 0 Å². The van der Waals surface area contributed by atoms with E-state index in [2.05, 4.69) is 24.3 Å². The summed E-state index contributed by atoms with van der Waals surface area (Å²) in [6.45, 7) is 0. The SMILES string of the molecule is Oc1ccccc1C1SCc2ccccc2S1. The molecular formula is C14H12OS2. The fourth-order valence-electron chi connectivity index (χ4n) is 1.89. The van der Waals surface area contributed by atoms with Crippen molar-refractivity contribution in [1.82, 2.24) is 0 Å². The quantitative estimate of drug-likeness (QED) is 0.819. The fourth-order valence-corrected chi connectivity index (χ4v) is 4.74. The molecule has 0 saturated carbocycles. The number of phenolic OH excluding ortho intramolecular Hbond substituents is 1. The molecule has 0 aromatic heterocycles. The van der Waals surface area contributed by atoms with Gasteiger partial charge < -0.3 is 5.11 Å². The van der Waals surface area contributed by atoms with Gasteiger partial charge in [0, 0.05) is 16.2 Å². The van der Waals surface area contributed by atoms with Crippen LogP contribution in [-0.2, 0) is 5.75 Å². The van der Waals surface area contributed by atoms with Gasteiger partial charge in [-0.25, -0.2) is 0 Å².